The molecule has 1 atom stereocenters. The highest BCUT2D eigenvalue weighted by Crippen LogP contribution is 2.34. The van der Waals surface area contributed by atoms with Crippen molar-refractivity contribution >= 4 is 0 Å². The molecular weight excluding hydrogens is 294 g/mol. The average molecular weight is 321 g/mol. The second-order valence-electron chi connectivity index (χ2n) is 6.76. The maximum absolute atomic E-state index is 12.0. The quantitative estimate of drug-likeness (QED) is 0.902. The van der Waals surface area contributed by atoms with Crippen LogP contribution in [0.3, 0.4) is 0 Å². The molecule has 2 fully saturated rings. The fourth-order valence-corrected chi connectivity index (χ4v) is 3.72. The molecule has 0 amide bonds. The van der Waals surface area contributed by atoms with Crippen molar-refractivity contribution in [2.45, 2.75) is 57.7 Å². The van der Waals surface area contributed by atoms with Crippen LogP contribution in [-0.4, -0.2) is 47.6 Å². The highest BCUT2D eigenvalue weighted by molar-refractivity contribution is 5.06. The monoisotopic (exact) mass is 321 g/mol. The predicted molar refractivity (Wildman–Crippen MR) is 87.7 cm³/mol. The summed E-state index contributed by atoms with van der Waals surface area (Å²) in [4.78, 5) is 16.0. The molecular formula is C17H27N3O3. The Morgan fingerprint density at radius 1 is 1.35 bits per heavy atom. The van der Waals surface area contributed by atoms with Gasteiger partial charge in [-0.3, -0.25) is 4.57 Å². The van der Waals surface area contributed by atoms with E-state index in [1.165, 1.54) is 0 Å². The minimum atomic E-state index is -0.155. The van der Waals surface area contributed by atoms with E-state index in [0.717, 1.165) is 63.4 Å². The Morgan fingerprint density at radius 3 is 2.87 bits per heavy atom. The van der Waals surface area contributed by atoms with E-state index in [9.17, 15) is 4.79 Å². The van der Waals surface area contributed by atoms with Gasteiger partial charge in [0.2, 0.25) is 0 Å². The molecule has 0 bridgehead atoms. The van der Waals surface area contributed by atoms with Gasteiger partial charge in [0.1, 0.15) is 0 Å². The predicted octanol–water partition coefficient (Wildman–Crippen LogP) is 1.18. The number of nitrogens with zero attached hydrogens (tertiary/aromatic N) is 2. The topological polar surface area (TPSA) is 65.4 Å². The number of hydrogen-bond acceptors (Lipinski definition) is 5. The van der Waals surface area contributed by atoms with Crippen molar-refractivity contribution < 1.29 is 9.47 Å². The van der Waals surface area contributed by atoms with E-state index in [4.69, 9.17) is 9.47 Å². The lowest BCUT2D eigenvalue weighted by Crippen LogP contribution is -2.50. The first-order valence-corrected chi connectivity index (χ1v) is 8.58. The van der Waals surface area contributed by atoms with Gasteiger partial charge in [0.15, 0.2) is 0 Å². The molecule has 6 nitrogen and oxygen atoms in total. The first-order valence-electron chi connectivity index (χ1n) is 8.58. The Morgan fingerprint density at radius 2 is 2.13 bits per heavy atom. The van der Waals surface area contributed by atoms with Crippen LogP contribution in [0.1, 0.15) is 37.1 Å². The summed E-state index contributed by atoms with van der Waals surface area (Å²) in [5.74, 6) is 0. The van der Waals surface area contributed by atoms with Crippen LogP contribution in [0, 0.1) is 13.8 Å². The lowest BCUT2D eigenvalue weighted by molar-refractivity contribution is -0.140. The Bertz CT molecular complexity index is 588. The molecule has 1 aromatic rings. The molecule has 1 N–H and O–H groups in total. The van der Waals surface area contributed by atoms with Gasteiger partial charge < -0.3 is 14.8 Å². The van der Waals surface area contributed by atoms with Gasteiger partial charge in [-0.25, -0.2) is 4.79 Å². The van der Waals surface area contributed by atoms with Crippen molar-refractivity contribution in [3.8, 4) is 0 Å². The largest absolute Gasteiger partial charge is 0.381 e. The zero-order chi connectivity index (χ0) is 16.3. The number of hydrogen-bond donors (Lipinski definition) is 1. The smallest absolute Gasteiger partial charge is 0.347 e. The van der Waals surface area contributed by atoms with Crippen LogP contribution >= 0.6 is 0 Å². The standard InChI is InChI=1S/C17H27N3O3/c1-13-11-14(2)20(16(21)19-13)7-6-18-15-3-8-23-17(12-15)4-9-22-10-5-17/h11,15,18H,3-10,12H2,1-2H3/t15-/m1/s1. The van der Waals surface area contributed by atoms with Crippen molar-refractivity contribution in [3.05, 3.63) is 27.9 Å². The number of nitrogens with one attached hydrogen (secondary N) is 1. The van der Waals surface area contributed by atoms with Crippen LogP contribution in [0.25, 0.3) is 0 Å². The van der Waals surface area contributed by atoms with E-state index in [2.05, 4.69) is 10.3 Å². The van der Waals surface area contributed by atoms with Gasteiger partial charge in [0, 0.05) is 50.3 Å². The highest BCUT2D eigenvalue weighted by Gasteiger charge is 2.38. The first-order chi connectivity index (χ1) is 11.1. The molecule has 6 heteroatoms. The third-order valence-electron chi connectivity index (χ3n) is 5.01. The van der Waals surface area contributed by atoms with Gasteiger partial charge >= 0.3 is 5.69 Å². The molecule has 23 heavy (non-hydrogen) atoms. The molecule has 128 valence electrons. The molecule has 0 aliphatic carbocycles. The minimum Gasteiger partial charge on any atom is -0.381 e. The summed E-state index contributed by atoms with van der Waals surface area (Å²) in [6.07, 6.45) is 4.05. The van der Waals surface area contributed by atoms with E-state index in [1.54, 1.807) is 4.57 Å². The summed E-state index contributed by atoms with van der Waals surface area (Å²) < 4.78 is 13.3. The number of aromatic nitrogens is 2. The fraction of sp³-hybridized carbons (Fsp3) is 0.765. The number of aryl methyl sites for hydroxylation is 2. The zero-order valence-electron chi connectivity index (χ0n) is 14.1. The van der Waals surface area contributed by atoms with E-state index in [0.29, 0.717) is 12.6 Å². The molecule has 2 aliphatic rings. The number of ether oxygens (including phenoxy) is 2. The maximum Gasteiger partial charge on any atom is 0.347 e. The summed E-state index contributed by atoms with van der Waals surface area (Å²) in [7, 11) is 0. The van der Waals surface area contributed by atoms with Crippen molar-refractivity contribution in [1.29, 1.82) is 0 Å². The van der Waals surface area contributed by atoms with Crippen LogP contribution in [0.2, 0.25) is 0 Å². The van der Waals surface area contributed by atoms with Gasteiger partial charge in [-0.1, -0.05) is 0 Å². The van der Waals surface area contributed by atoms with Crippen LogP contribution in [0.15, 0.2) is 10.9 Å². The molecule has 3 rings (SSSR count). The Kier molecular flexibility index (Phi) is 5.14. The van der Waals surface area contributed by atoms with Gasteiger partial charge in [-0.2, -0.15) is 4.98 Å². The summed E-state index contributed by atoms with van der Waals surface area (Å²) >= 11 is 0. The van der Waals surface area contributed by atoms with Gasteiger partial charge in [-0.05, 0) is 45.6 Å². The molecule has 1 aromatic heterocycles. The van der Waals surface area contributed by atoms with E-state index in [-0.39, 0.29) is 11.3 Å². The molecule has 2 aliphatic heterocycles. The van der Waals surface area contributed by atoms with Crippen molar-refractivity contribution in [2.24, 2.45) is 0 Å². The van der Waals surface area contributed by atoms with Gasteiger partial charge in [0.05, 0.1) is 5.60 Å². The molecule has 0 saturated carbocycles. The van der Waals surface area contributed by atoms with E-state index >= 15 is 0 Å². The summed E-state index contributed by atoms with van der Waals surface area (Å²) in [5.41, 5.74) is 1.60. The van der Waals surface area contributed by atoms with Crippen LogP contribution < -0.4 is 11.0 Å². The third kappa shape index (κ3) is 4.00. The first kappa shape index (κ1) is 16.6. The normalized spacial score (nSPS) is 24.0. The minimum absolute atomic E-state index is 0.00628. The van der Waals surface area contributed by atoms with Crippen molar-refractivity contribution in [3.63, 3.8) is 0 Å². The van der Waals surface area contributed by atoms with Crippen molar-refractivity contribution in [2.75, 3.05) is 26.4 Å². The Hall–Kier alpha value is -1.24. The maximum atomic E-state index is 12.0. The lowest BCUT2D eigenvalue weighted by atomic mass is 9.84. The van der Waals surface area contributed by atoms with Crippen LogP contribution in [0.4, 0.5) is 0 Å². The zero-order valence-corrected chi connectivity index (χ0v) is 14.1. The molecule has 1 spiro atoms. The Balaban J connectivity index is 1.53. The summed E-state index contributed by atoms with van der Waals surface area (Å²) in [5, 5.41) is 3.60. The lowest BCUT2D eigenvalue weighted by Gasteiger charge is -2.43. The summed E-state index contributed by atoms with van der Waals surface area (Å²) in [6, 6.07) is 2.41. The highest BCUT2D eigenvalue weighted by atomic mass is 16.5. The molecule has 0 unspecified atom stereocenters. The molecule has 3 heterocycles. The van der Waals surface area contributed by atoms with Gasteiger partial charge in [0.25, 0.3) is 0 Å². The van der Waals surface area contributed by atoms with E-state index in [1.807, 2.05) is 19.9 Å². The molecule has 0 radical (unpaired) electrons. The third-order valence-corrected chi connectivity index (χ3v) is 5.01. The van der Waals surface area contributed by atoms with E-state index < -0.39 is 0 Å². The van der Waals surface area contributed by atoms with Crippen LogP contribution in [-0.2, 0) is 16.0 Å². The second kappa shape index (κ2) is 7.11. The molecule has 2 saturated heterocycles. The summed E-state index contributed by atoms with van der Waals surface area (Å²) in [6.45, 7) is 7.66. The average Bonchev–Trinajstić information content (AvgIpc) is 2.51. The Labute approximate surface area is 137 Å². The second-order valence-corrected chi connectivity index (χ2v) is 6.76. The fourth-order valence-electron chi connectivity index (χ4n) is 3.72. The SMILES string of the molecule is Cc1cc(C)n(CCN[C@@H]2CCOC3(CCOCC3)C2)c(=O)n1. The number of rotatable bonds is 4. The van der Waals surface area contributed by atoms with Crippen LogP contribution in [0.5, 0.6) is 0 Å². The van der Waals surface area contributed by atoms with Gasteiger partial charge in [-0.15, -0.1) is 0 Å². The molecule has 0 aromatic carbocycles. The van der Waals surface area contributed by atoms with Crippen molar-refractivity contribution in [1.82, 2.24) is 14.9 Å².